The zero-order valence-electron chi connectivity index (χ0n) is 8.06. The zero-order valence-corrected chi connectivity index (χ0v) is 8.06. The molecule has 2 rings (SSSR count). The van der Waals surface area contributed by atoms with Gasteiger partial charge in [-0.05, 0) is 50.6 Å². The van der Waals surface area contributed by atoms with Crippen LogP contribution in [0.2, 0.25) is 0 Å². The lowest BCUT2D eigenvalue weighted by Crippen LogP contribution is -2.43. The molecule has 0 aromatic heterocycles. The van der Waals surface area contributed by atoms with Crippen molar-refractivity contribution in [1.82, 2.24) is 10.6 Å². The van der Waals surface area contributed by atoms with Crippen molar-refractivity contribution in [2.75, 3.05) is 19.6 Å². The van der Waals surface area contributed by atoms with Gasteiger partial charge in [-0.2, -0.15) is 0 Å². The molecule has 0 radical (unpaired) electrons. The first-order valence-corrected chi connectivity index (χ1v) is 5.44. The number of nitrogens with one attached hydrogen (secondary N) is 2. The second-order valence-electron chi connectivity index (χ2n) is 4.32. The van der Waals surface area contributed by atoms with Gasteiger partial charge < -0.3 is 5.32 Å². The van der Waals surface area contributed by atoms with E-state index in [1.807, 2.05) is 0 Å². The second kappa shape index (κ2) is 4.38. The van der Waals surface area contributed by atoms with E-state index in [0.717, 1.165) is 25.4 Å². The predicted octanol–water partition coefficient (Wildman–Crippen LogP) is 1.28. The summed E-state index contributed by atoms with van der Waals surface area (Å²) in [4.78, 5) is 0. The van der Waals surface area contributed by atoms with Crippen LogP contribution in [-0.2, 0) is 0 Å². The number of alkyl halides is 1. The Hall–Kier alpha value is -0.150. The van der Waals surface area contributed by atoms with Gasteiger partial charge in [0, 0.05) is 6.54 Å². The molecule has 0 aromatic rings. The van der Waals surface area contributed by atoms with Crippen molar-refractivity contribution in [3.63, 3.8) is 0 Å². The molecular formula is C10H19FN2. The Kier molecular flexibility index (Phi) is 3.17. The molecule has 2 N–H and O–H groups in total. The summed E-state index contributed by atoms with van der Waals surface area (Å²) >= 11 is 0. The first kappa shape index (κ1) is 9.41. The van der Waals surface area contributed by atoms with E-state index < -0.39 is 6.30 Å². The smallest absolute Gasteiger partial charge is 0.151 e. The normalized spacial score (nSPS) is 41.8. The SMILES string of the molecule is FC1CCC(C2CCCNC2)CN1. The third-order valence-corrected chi connectivity index (χ3v) is 3.39. The highest BCUT2D eigenvalue weighted by atomic mass is 19.1. The van der Waals surface area contributed by atoms with Gasteiger partial charge in [-0.25, -0.2) is 4.39 Å². The van der Waals surface area contributed by atoms with Crippen molar-refractivity contribution < 1.29 is 4.39 Å². The molecule has 0 spiro atoms. The lowest BCUT2D eigenvalue weighted by atomic mass is 9.81. The van der Waals surface area contributed by atoms with Gasteiger partial charge in [0.1, 0.15) is 0 Å². The van der Waals surface area contributed by atoms with Gasteiger partial charge in [0.15, 0.2) is 6.30 Å². The molecule has 2 heterocycles. The maximum Gasteiger partial charge on any atom is 0.151 e. The van der Waals surface area contributed by atoms with Crippen LogP contribution in [0.15, 0.2) is 0 Å². The van der Waals surface area contributed by atoms with Gasteiger partial charge in [-0.1, -0.05) is 0 Å². The van der Waals surface area contributed by atoms with Gasteiger partial charge >= 0.3 is 0 Å². The van der Waals surface area contributed by atoms with Crippen LogP contribution in [0.5, 0.6) is 0 Å². The number of hydrogen-bond acceptors (Lipinski definition) is 2. The third kappa shape index (κ3) is 2.41. The molecule has 0 aromatic carbocycles. The van der Waals surface area contributed by atoms with E-state index in [1.54, 1.807) is 0 Å². The fraction of sp³-hybridized carbons (Fsp3) is 1.00. The minimum atomic E-state index is -0.743. The van der Waals surface area contributed by atoms with Crippen molar-refractivity contribution in [2.45, 2.75) is 32.0 Å². The molecule has 0 saturated carbocycles. The van der Waals surface area contributed by atoms with Crippen LogP contribution in [0, 0.1) is 11.8 Å². The highest BCUT2D eigenvalue weighted by molar-refractivity contribution is 4.81. The highest BCUT2D eigenvalue weighted by Crippen LogP contribution is 2.27. The van der Waals surface area contributed by atoms with Crippen LogP contribution < -0.4 is 10.6 Å². The Morgan fingerprint density at radius 3 is 2.46 bits per heavy atom. The third-order valence-electron chi connectivity index (χ3n) is 3.39. The Labute approximate surface area is 79.3 Å². The van der Waals surface area contributed by atoms with Crippen molar-refractivity contribution >= 4 is 0 Å². The lowest BCUT2D eigenvalue weighted by molar-refractivity contribution is 0.139. The molecule has 0 amide bonds. The molecule has 3 atom stereocenters. The number of rotatable bonds is 1. The Bertz CT molecular complexity index is 149. The molecular weight excluding hydrogens is 167 g/mol. The van der Waals surface area contributed by atoms with Crippen molar-refractivity contribution in [2.24, 2.45) is 11.8 Å². The van der Waals surface area contributed by atoms with Gasteiger partial charge in [-0.3, -0.25) is 5.32 Å². The van der Waals surface area contributed by atoms with Crippen LogP contribution >= 0.6 is 0 Å². The summed E-state index contributed by atoms with van der Waals surface area (Å²) in [5.74, 6) is 1.49. The molecule has 2 aliphatic heterocycles. The van der Waals surface area contributed by atoms with Crippen LogP contribution in [0.4, 0.5) is 4.39 Å². The summed E-state index contributed by atoms with van der Waals surface area (Å²) in [6.45, 7) is 3.19. The zero-order chi connectivity index (χ0) is 9.10. The predicted molar refractivity (Wildman–Crippen MR) is 51.2 cm³/mol. The van der Waals surface area contributed by atoms with Crippen LogP contribution in [0.25, 0.3) is 0 Å². The fourth-order valence-electron chi connectivity index (χ4n) is 2.53. The Morgan fingerprint density at radius 2 is 1.85 bits per heavy atom. The average molecular weight is 186 g/mol. The standard InChI is InChI=1S/C10H19FN2/c11-10-4-3-9(7-13-10)8-2-1-5-12-6-8/h8-10,12-13H,1-7H2. The molecule has 3 unspecified atom stereocenters. The largest absolute Gasteiger partial charge is 0.316 e. The summed E-state index contributed by atoms with van der Waals surface area (Å²) in [7, 11) is 0. The van der Waals surface area contributed by atoms with Crippen LogP contribution in [-0.4, -0.2) is 25.9 Å². The summed E-state index contributed by atoms with van der Waals surface area (Å²) in [5, 5.41) is 6.36. The fourth-order valence-corrected chi connectivity index (χ4v) is 2.53. The van der Waals surface area contributed by atoms with E-state index >= 15 is 0 Å². The molecule has 2 fully saturated rings. The highest BCUT2D eigenvalue weighted by Gasteiger charge is 2.27. The number of hydrogen-bond donors (Lipinski definition) is 2. The van der Waals surface area contributed by atoms with Crippen molar-refractivity contribution in [1.29, 1.82) is 0 Å². The van der Waals surface area contributed by atoms with E-state index in [-0.39, 0.29) is 0 Å². The van der Waals surface area contributed by atoms with E-state index in [9.17, 15) is 4.39 Å². The molecule has 2 saturated heterocycles. The quantitative estimate of drug-likeness (QED) is 0.603. The molecule has 3 heteroatoms. The molecule has 13 heavy (non-hydrogen) atoms. The van der Waals surface area contributed by atoms with E-state index in [1.165, 1.54) is 19.4 Å². The van der Waals surface area contributed by atoms with E-state index in [0.29, 0.717) is 12.3 Å². The molecule has 0 aliphatic carbocycles. The number of halogens is 1. The van der Waals surface area contributed by atoms with Gasteiger partial charge in [0.25, 0.3) is 0 Å². The first-order chi connectivity index (χ1) is 6.36. The second-order valence-corrected chi connectivity index (χ2v) is 4.32. The maximum atomic E-state index is 12.8. The summed E-state index contributed by atoms with van der Waals surface area (Å²) < 4.78 is 12.8. The summed E-state index contributed by atoms with van der Waals surface area (Å²) in [5.41, 5.74) is 0. The molecule has 2 nitrogen and oxygen atoms in total. The topological polar surface area (TPSA) is 24.1 Å². The van der Waals surface area contributed by atoms with E-state index in [4.69, 9.17) is 0 Å². The molecule has 76 valence electrons. The lowest BCUT2D eigenvalue weighted by Gasteiger charge is -2.34. The van der Waals surface area contributed by atoms with Crippen molar-refractivity contribution in [3.05, 3.63) is 0 Å². The molecule has 0 bridgehead atoms. The maximum absolute atomic E-state index is 12.8. The Balaban J connectivity index is 1.79. The minimum absolute atomic E-state index is 0.708. The summed E-state index contributed by atoms with van der Waals surface area (Å²) in [6, 6.07) is 0. The van der Waals surface area contributed by atoms with Crippen LogP contribution in [0.3, 0.4) is 0 Å². The van der Waals surface area contributed by atoms with Gasteiger partial charge in [-0.15, -0.1) is 0 Å². The van der Waals surface area contributed by atoms with Gasteiger partial charge in [0.05, 0.1) is 0 Å². The Morgan fingerprint density at radius 1 is 1.00 bits per heavy atom. The van der Waals surface area contributed by atoms with E-state index in [2.05, 4.69) is 10.6 Å². The first-order valence-electron chi connectivity index (χ1n) is 5.44. The number of piperidine rings is 2. The summed E-state index contributed by atoms with van der Waals surface area (Å²) in [6.07, 6.45) is 3.66. The van der Waals surface area contributed by atoms with Crippen LogP contribution in [0.1, 0.15) is 25.7 Å². The van der Waals surface area contributed by atoms with Crippen molar-refractivity contribution in [3.8, 4) is 0 Å². The van der Waals surface area contributed by atoms with Gasteiger partial charge in [0.2, 0.25) is 0 Å². The monoisotopic (exact) mass is 186 g/mol. The minimum Gasteiger partial charge on any atom is -0.316 e. The average Bonchev–Trinajstić information content (AvgIpc) is 2.20. The molecule has 2 aliphatic rings.